The summed E-state index contributed by atoms with van der Waals surface area (Å²) in [4.78, 5) is 13.1. The van der Waals surface area contributed by atoms with E-state index in [0.717, 1.165) is 5.56 Å². The largest absolute Gasteiger partial charge is 0.331 e. The molecule has 0 saturated heterocycles. The third kappa shape index (κ3) is 2.73. The Balaban J connectivity index is 2.90. The molecule has 0 heterocycles. The van der Waals surface area contributed by atoms with E-state index in [4.69, 9.17) is 5.73 Å². The first kappa shape index (κ1) is 12.5. The van der Waals surface area contributed by atoms with Gasteiger partial charge in [0.2, 0.25) is 0 Å². The Morgan fingerprint density at radius 2 is 1.94 bits per heavy atom. The molecule has 0 aliphatic carbocycles. The Morgan fingerprint density at radius 3 is 2.38 bits per heavy atom. The molecule has 4 heteroatoms. The summed E-state index contributed by atoms with van der Waals surface area (Å²) in [6.45, 7) is 2.28. The van der Waals surface area contributed by atoms with E-state index in [-0.39, 0.29) is 6.03 Å². The van der Waals surface area contributed by atoms with Crippen molar-refractivity contribution in [1.82, 2.24) is 10.2 Å². The molecular weight excluding hydrogens is 202 g/mol. The molecule has 1 rings (SSSR count). The van der Waals surface area contributed by atoms with E-state index in [0.29, 0.717) is 6.54 Å². The summed E-state index contributed by atoms with van der Waals surface area (Å²) < 4.78 is 0. The molecule has 0 spiro atoms. The summed E-state index contributed by atoms with van der Waals surface area (Å²) in [5.74, 6) is 0. The van der Waals surface area contributed by atoms with Gasteiger partial charge in [0.25, 0.3) is 0 Å². The van der Waals surface area contributed by atoms with Crippen LogP contribution in [0.4, 0.5) is 4.79 Å². The number of nitrogens with one attached hydrogen (secondary N) is 1. The molecule has 88 valence electrons. The quantitative estimate of drug-likeness (QED) is 0.804. The summed E-state index contributed by atoms with van der Waals surface area (Å²) >= 11 is 0. The van der Waals surface area contributed by atoms with Crippen molar-refractivity contribution in [2.75, 3.05) is 20.6 Å². The van der Waals surface area contributed by atoms with Crippen LogP contribution in [0.25, 0.3) is 0 Å². The average Bonchev–Trinajstić information content (AvgIpc) is 2.29. The molecule has 2 amide bonds. The minimum absolute atomic E-state index is 0.142. The van der Waals surface area contributed by atoms with E-state index in [1.807, 2.05) is 37.3 Å². The van der Waals surface area contributed by atoms with Crippen LogP contribution in [0.5, 0.6) is 0 Å². The highest BCUT2D eigenvalue weighted by molar-refractivity contribution is 5.74. The standard InChI is InChI=1S/C12H19N3O/c1-12(9-13,14-11(16)15(2)3)10-7-5-4-6-8-10/h4-8H,9,13H2,1-3H3,(H,14,16). The van der Waals surface area contributed by atoms with Gasteiger partial charge >= 0.3 is 6.03 Å². The number of hydrogen-bond donors (Lipinski definition) is 2. The Bertz CT molecular complexity index is 351. The van der Waals surface area contributed by atoms with Gasteiger partial charge < -0.3 is 16.0 Å². The van der Waals surface area contributed by atoms with Crippen molar-refractivity contribution in [3.8, 4) is 0 Å². The number of nitrogens with two attached hydrogens (primary N) is 1. The van der Waals surface area contributed by atoms with Gasteiger partial charge in [-0.05, 0) is 12.5 Å². The number of carbonyl (C=O) groups is 1. The predicted octanol–water partition coefficient (Wildman–Crippen LogP) is 1.13. The molecule has 0 aliphatic heterocycles. The van der Waals surface area contributed by atoms with E-state index in [2.05, 4.69) is 5.32 Å². The molecule has 1 aromatic rings. The molecule has 0 saturated carbocycles. The fourth-order valence-electron chi connectivity index (χ4n) is 1.39. The number of amides is 2. The van der Waals surface area contributed by atoms with E-state index < -0.39 is 5.54 Å². The summed E-state index contributed by atoms with van der Waals surface area (Å²) in [6, 6.07) is 9.59. The SMILES string of the molecule is CN(C)C(=O)NC(C)(CN)c1ccccc1. The van der Waals surface area contributed by atoms with Crippen molar-refractivity contribution >= 4 is 6.03 Å². The maximum atomic E-state index is 11.6. The number of nitrogens with zero attached hydrogens (tertiary/aromatic N) is 1. The number of carbonyl (C=O) groups excluding carboxylic acids is 1. The van der Waals surface area contributed by atoms with Crippen LogP contribution in [-0.4, -0.2) is 31.6 Å². The lowest BCUT2D eigenvalue weighted by Crippen LogP contribution is -2.51. The lowest BCUT2D eigenvalue weighted by Gasteiger charge is -2.31. The number of rotatable bonds is 3. The van der Waals surface area contributed by atoms with E-state index in [1.165, 1.54) is 4.90 Å². The van der Waals surface area contributed by atoms with Gasteiger partial charge in [0.1, 0.15) is 0 Å². The Hall–Kier alpha value is -1.55. The minimum atomic E-state index is -0.525. The van der Waals surface area contributed by atoms with Crippen LogP contribution in [0, 0.1) is 0 Å². The van der Waals surface area contributed by atoms with Gasteiger partial charge in [-0.15, -0.1) is 0 Å². The van der Waals surface area contributed by atoms with Gasteiger partial charge in [-0.25, -0.2) is 4.79 Å². The molecule has 1 atom stereocenters. The molecule has 4 nitrogen and oxygen atoms in total. The maximum Gasteiger partial charge on any atom is 0.317 e. The van der Waals surface area contributed by atoms with Gasteiger partial charge in [0.05, 0.1) is 5.54 Å². The Labute approximate surface area is 96.4 Å². The topological polar surface area (TPSA) is 58.4 Å². The smallest absolute Gasteiger partial charge is 0.317 e. The maximum absolute atomic E-state index is 11.6. The second kappa shape index (κ2) is 4.99. The fourth-order valence-corrected chi connectivity index (χ4v) is 1.39. The molecular formula is C12H19N3O. The van der Waals surface area contributed by atoms with Crippen LogP contribution >= 0.6 is 0 Å². The van der Waals surface area contributed by atoms with Gasteiger partial charge in [0.15, 0.2) is 0 Å². The van der Waals surface area contributed by atoms with Crippen molar-refractivity contribution in [2.24, 2.45) is 5.73 Å². The lowest BCUT2D eigenvalue weighted by atomic mass is 9.92. The summed E-state index contributed by atoms with van der Waals surface area (Å²) in [5.41, 5.74) is 6.24. The van der Waals surface area contributed by atoms with Crippen LogP contribution in [0.3, 0.4) is 0 Å². The summed E-state index contributed by atoms with van der Waals surface area (Å²) in [7, 11) is 3.41. The zero-order valence-electron chi connectivity index (χ0n) is 10.0. The monoisotopic (exact) mass is 221 g/mol. The molecule has 3 N–H and O–H groups in total. The van der Waals surface area contributed by atoms with Gasteiger partial charge in [-0.2, -0.15) is 0 Å². The van der Waals surface area contributed by atoms with E-state index in [9.17, 15) is 4.79 Å². The summed E-state index contributed by atoms with van der Waals surface area (Å²) in [5, 5.41) is 2.92. The Kier molecular flexibility index (Phi) is 3.90. The molecule has 0 fully saturated rings. The lowest BCUT2D eigenvalue weighted by molar-refractivity contribution is 0.204. The van der Waals surface area contributed by atoms with Crippen molar-refractivity contribution in [3.63, 3.8) is 0 Å². The zero-order valence-corrected chi connectivity index (χ0v) is 10.0. The number of benzene rings is 1. The highest BCUT2D eigenvalue weighted by Gasteiger charge is 2.27. The third-order valence-corrected chi connectivity index (χ3v) is 2.61. The average molecular weight is 221 g/mol. The van der Waals surface area contributed by atoms with Crippen LogP contribution in [0.2, 0.25) is 0 Å². The van der Waals surface area contributed by atoms with Crippen molar-refractivity contribution in [3.05, 3.63) is 35.9 Å². The number of urea groups is 1. The second-order valence-electron chi connectivity index (χ2n) is 4.23. The first-order chi connectivity index (χ1) is 7.49. The van der Waals surface area contributed by atoms with Crippen LogP contribution in [-0.2, 0) is 5.54 Å². The molecule has 1 aromatic carbocycles. The molecule has 0 bridgehead atoms. The van der Waals surface area contributed by atoms with E-state index in [1.54, 1.807) is 14.1 Å². The van der Waals surface area contributed by atoms with Crippen molar-refractivity contribution < 1.29 is 4.79 Å². The minimum Gasteiger partial charge on any atom is -0.331 e. The van der Waals surface area contributed by atoms with Crippen molar-refractivity contribution in [2.45, 2.75) is 12.5 Å². The first-order valence-corrected chi connectivity index (χ1v) is 5.24. The van der Waals surface area contributed by atoms with Gasteiger partial charge in [-0.1, -0.05) is 30.3 Å². The fraction of sp³-hybridized carbons (Fsp3) is 0.417. The predicted molar refractivity (Wildman–Crippen MR) is 65.1 cm³/mol. The molecule has 0 aromatic heterocycles. The highest BCUT2D eigenvalue weighted by atomic mass is 16.2. The molecule has 16 heavy (non-hydrogen) atoms. The highest BCUT2D eigenvalue weighted by Crippen LogP contribution is 2.19. The van der Waals surface area contributed by atoms with Gasteiger partial charge in [-0.3, -0.25) is 0 Å². The number of hydrogen-bond acceptors (Lipinski definition) is 2. The van der Waals surface area contributed by atoms with Crippen LogP contribution < -0.4 is 11.1 Å². The summed E-state index contributed by atoms with van der Waals surface area (Å²) in [6.07, 6.45) is 0. The molecule has 0 aliphatic rings. The molecule has 0 radical (unpaired) electrons. The normalized spacial score (nSPS) is 14.0. The van der Waals surface area contributed by atoms with E-state index >= 15 is 0 Å². The molecule has 1 unspecified atom stereocenters. The van der Waals surface area contributed by atoms with Crippen molar-refractivity contribution in [1.29, 1.82) is 0 Å². The Morgan fingerprint density at radius 1 is 1.38 bits per heavy atom. The third-order valence-electron chi connectivity index (χ3n) is 2.61. The van der Waals surface area contributed by atoms with Gasteiger partial charge in [0, 0.05) is 20.6 Å². The zero-order chi connectivity index (χ0) is 12.2. The second-order valence-corrected chi connectivity index (χ2v) is 4.23. The van der Waals surface area contributed by atoms with Crippen LogP contribution in [0.15, 0.2) is 30.3 Å². The first-order valence-electron chi connectivity index (χ1n) is 5.24. The van der Waals surface area contributed by atoms with Crippen LogP contribution in [0.1, 0.15) is 12.5 Å².